The summed E-state index contributed by atoms with van der Waals surface area (Å²) in [5, 5.41) is 0.432. The maximum Gasteiger partial charge on any atom is 0.534 e. The van der Waals surface area contributed by atoms with Crippen LogP contribution in [0, 0.1) is 0 Å². The minimum Gasteiger partial charge on any atom is -0.430 e. The smallest absolute Gasteiger partial charge is 0.430 e. The quantitative estimate of drug-likeness (QED) is 0.352. The zero-order chi connectivity index (χ0) is 17.2. The minimum absolute atomic E-state index is 0.0412. The van der Waals surface area contributed by atoms with Gasteiger partial charge < -0.3 is 18.8 Å². The van der Waals surface area contributed by atoms with Crippen molar-refractivity contribution in [1.29, 1.82) is 0 Å². The standard InChI is InChI=1S/C15H20N2O7/c18-13-3-4-14(19)17(13)24-15(20)23-12-11-22-10-9-21-8-7-16-5-1-2-6-16/h1-2,5-6H,3-4,7-12H2. The maximum atomic E-state index is 11.3. The molecule has 132 valence electrons. The molecule has 1 aliphatic heterocycles. The van der Waals surface area contributed by atoms with E-state index in [1.54, 1.807) is 0 Å². The predicted molar refractivity (Wildman–Crippen MR) is 79.6 cm³/mol. The fourth-order valence-corrected chi connectivity index (χ4v) is 1.95. The topological polar surface area (TPSA) is 96.3 Å². The Morgan fingerprint density at radius 1 is 0.917 bits per heavy atom. The molecular weight excluding hydrogens is 320 g/mol. The van der Waals surface area contributed by atoms with E-state index in [9.17, 15) is 14.4 Å². The summed E-state index contributed by atoms with van der Waals surface area (Å²) in [4.78, 5) is 38.3. The normalized spacial score (nSPS) is 14.2. The number of amides is 2. The molecule has 2 amide bonds. The molecule has 2 rings (SSSR count). The molecule has 9 heteroatoms. The number of ether oxygens (including phenoxy) is 3. The maximum absolute atomic E-state index is 11.3. The van der Waals surface area contributed by atoms with Gasteiger partial charge in [0.2, 0.25) is 0 Å². The van der Waals surface area contributed by atoms with E-state index in [-0.39, 0.29) is 26.1 Å². The molecule has 0 bridgehead atoms. The minimum atomic E-state index is -1.11. The Kier molecular flexibility index (Phi) is 7.24. The first kappa shape index (κ1) is 18.0. The number of rotatable bonds is 10. The Morgan fingerprint density at radius 2 is 1.50 bits per heavy atom. The highest BCUT2D eigenvalue weighted by atomic mass is 16.8. The van der Waals surface area contributed by atoms with E-state index in [1.807, 2.05) is 29.1 Å². The van der Waals surface area contributed by atoms with Crippen molar-refractivity contribution in [2.24, 2.45) is 0 Å². The average Bonchev–Trinajstić information content (AvgIpc) is 3.18. The van der Waals surface area contributed by atoms with Gasteiger partial charge in [0.25, 0.3) is 11.8 Å². The van der Waals surface area contributed by atoms with Crippen LogP contribution >= 0.6 is 0 Å². The molecule has 2 heterocycles. The Balaban J connectivity index is 1.41. The molecule has 0 saturated carbocycles. The number of nitrogens with zero attached hydrogens (tertiary/aromatic N) is 2. The van der Waals surface area contributed by atoms with Gasteiger partial charge in [-0.15, -0.1) is 0 Å². The average molecular weight is 340 g/mol. The summed E-state index contributed by atoms with van der Waals surface area (Å²) < 4.78 is 17.3. The lowest BCUT2D eigenvalue weighted by Gasteiger charge is -2.12. The van der Waals surface area contributed by atoms with Gasteiger partial charge in [-0.25, -0.2) is 4.79 Å². The van der Waals surface area contributed by atoms with Gasteiger partial charge in [0.15, 0.2) is 0 Å². The molecular formula is C15H20N2O7. The van der Waals surface area contributed by atoms with Crippen LogP contribution in [0.2, 0.25) is 0 Å². The molecule has 1 aliphatic rings. The molecule has 0 N–H and O–H groups in total. The van der Waals surface area contributed by atoms with E-state index in [1.165, 1.54) is 0 Å². The third kappa shape index (κ3) is 6.01. The predicted octanol–water partition coefficient (Wildman–Crippen LogP) is 0.738. The largest absolute Gasteiger partial charge is 0.534 e. The van der Waals surface area contributed by atoms with Gasteiger partial charge in [-0.1, -0.05) is 5.06 Å². The fourth-order valence-electron chi connectivity index (χ4n) is 1.95. The van der Waals surface area contributed by atoms with Crippen molar-refractivity contribution >= 4 is 18.0 Å². The lowest BCUT2D eigenvalue weighted by atomic mass is 10.4. The summed E-state index contributed by atoms with van der Waals surface area (Å²) >= 11 is 0. The second-order valence-electron chi connectivity index (χ2n) is 4.92. The van der Waals surface area contributed by atoms with E-state index in [2.05, 4.69) is 4.84 Å². The second-order valence-corrected chi connectivity index (χ2v) is 4.92. The molecule has 1 aromatic rings. The van der Waals surface area contributed by atoms with Crippen LogP contribution in [0.4, 0.5) is 4.79 Å². The Morgan fingerprint density at radius 3 is 2.17 bits per heavy atom. The lowest BCUT2D eigenvalue weighted by molar-refractivity contribution is -0.177. The third-order valence-corrected chi connectivity index (χ3v) is 3.15. The summed E-state index contributed by atoms with van der Waals surface area (Å²) in [7, 11) is 0. The van der Waals surface area contributed by atoms with Crippen LogP contribution < -0.4 is 0 Å². The zero-order valence-electron chi connectivity index (χ0n) is 13.2. The SMILES string of the molecule is O=C(OCCOCCOCCn1cccc1)ON1C(=O)CCC1=O. The van der Waals surface area contributed by atoms with Crippen LogP contribution in [0.1, 0.15) is 12.8 Å². The van der Waals surface area contributed by atoms with E-state index < -0.39 is 18.0 Å². The highest BCUT2D eigenvalue weighted by Crippen LogP contribution is 2.12. The van der Waals surface area contributed by atoms with Crippen LogP contribution in [0.25, 0.3) is 0 Å². The lowest BCUT2D eigenvalue weighted by Crippen LogP contribution is -2.32. The molecule has 0 radical (unpaired) electrons. The van der Waals surface area contributed by atoms with Crippen LogP contribution in [0.15, 0.2) is 24.5 Å². The van der Waals surface area contributed by atoms with Crippen LogP contribution in [0.5, 0.6) is 0 Å². The first-order valence-electron chi connectivity index (χ1n) is 7.63. The third-order valence-electron chi connectivity index (χ3n) is 3.15. The number of hydrogen-bond donors (Lipinski definition) is 0. The molecule has 9 nitrogen and oxygen atoms in total. The highest BCUT2D eigenvalue weighted by molar-refractivity contribution is 6.01. The number of hydroxylamine groups is 2. The Hall–Kier alpha value is -2.39. The molecule has 1 aromatic heterocycles. The van der Waals surface area contributed by atoms with E-state index in [4.69, 9.17) is 14.2 Å². The molecule has 0 atom stereocenters. The summed E-state index contributed by atoms with van der Waals surface area (Å²) in [5.41, 5.74) is 0. The van der Waals surface area contributed by atoms with Crippen molar-refractivity contribution in [3.8, 4) is 0 Å². The number of carbonyl (C=O) groups excluding carboxylic acids is 3. The van der Waals surface area contributed by atoms with Gasteiger partial charge in [-0.2, -0.15) is 0 Å². The van der Waals surface area contributed by atoms with Crippen molar-refractivity contribution < 1.29 is 33.4 Å². The number of hydrogen-bond acceptors (Lipinski definition) is 7. The van der Waals surface area contributed by atoms with Gasteiger partial charge in [-0.3, -0.25) is 14.4 Å². The molecule has 24 heavy (non-hydrogen) atoms. The molecule has 0 aromatic carbocycles. The van der Waals surface area contributed by atoms with Crippen LogP contribution in [-0.4, -0.2) is 60.6 Å². The summed E-state index contributed by atoms with van der Waals surface area (Å²) in [5.74, 6) is -1.10. The van der Waals surface area contributed by atoms with Crippen LogP contribution in [-0.2, 0) is 35.2 Å². The van der Waals surface area contributed by atoms with Crippen LogP contribution in [0.3, 0.4) is 0 Å². The number of imide groups is 1. The first-order chi connectivity index (χ1) is 11.7. The van der Waals surface area contributed by atoms with Gasteiger partial charge in [0.1, 0.15) is 6.61 Å². The molecule has 0 spiro atoms. The monoisotopic (exact) mass is 340 g/mol. The number of carbonyl (C=O) groups is 3. The van der Waals surface area contributed by atoms with Crippen molar-refractivity contribution in [3.05, 3.63) is 24.5 Å². The molecule has 0 unspecified atom stereocenters. The Labute approximate surface area is 139 Å². The van der Waals surface area contributed by atoms with Crippen molar-refractivity contribution in [3.63, 3.8) is 0 Å². The number of aromatic nitrogens is 1. The van der Waals surface area contributed by atoms with Gasteiger partial charge in [0, 0.05) is 31.8 Å². The Bertz CT molecular complexity index is 528. The molecule has 0 aliphatic carbocycles. The van der Waals surface area contributed by atoms with E-state index >= 15 is 0 Å². The van der Waals surface area contributed by atoms with Gasteiger partial charge >= 0.3 is 6.16 Å². The zero-order valence-corrected chi connectivity index (χ0v) is 13.2. The first-order valence-corrected chi connectivity index (χ1v) is 7.63. The second kappa shape index (κ2) is 9.68. The van der Waals surface area contributed by atoms with E-state index in [0.29, 0.717) is 24.9 Å². The van der Waals surface area contributed by atoms with Crippen molar-refractivity contribution in [2.75, 3.05) is 33.0 Å². The fraction of sp³-hybridized carbons (Fsp3) is 0.533. The van der Waals surface area contributed by atoms with Crippen molar-refractivity contribution in [2.45, 2.75) is 19.4 Å². The highest BCUT2D eigenvalue weighted by Gasteiger charge is 2.33. The summed E-state index contributed by atoms with van der Waals surface area (Å²) in [6, 6.07) is 3.90. The van der Waals surface area contributed by atoms with E-state index in [0.717, 1.165) is 6.54 Å². The van der Waals surface area contributed by atoms with Crippen molar-refractivity contribution in [1.82, 2.24) is 9.63 Å². The van der Waals surface area contributed by atoms with Gasteiger partial charge in [-0.05, 0) is 12.1 Å². The summed E-state index contributed by atoms with van der Waals surface area (Å²) in [6.07, 6.45) is 2.89. The summed E-state index contributed by atoms with van der Waals surface area (Å²) in [6.45, 7) is 2.28. The molecule has 1 saturated heterocycles. The molecule has 1 fully saturated rings. The van der Waals surface area contributed by atoms with Gasteiger partial charge in [0.05, 0.1) is 26.4 Å².